The zero-order valence-electron chi connectivity index (χ0n) is 12.2. The van der Waals surface area contributed by atoms with Gasteiger partial charge in [0.05, 0.1) is 7.11 Å². The average Bonchev–Trinajstić information content (AvgIpc) is 2.43. The minimum Gasteiger partial charge on any atom is -0.483 e. The van der Waals surface area contributed by atoms with Crippen molar-refractivity contribution < 1.29 is 19.1 Å². The summed E-state index contributed by atoms with van der Waals surface area (Å²) < 4.78 is 10.1. The van der Waals surface area contributed by atoms with E-state index >= 15 is 0 Å². The number of amides is 1. The molecule has 0 spiro atoms. The van der Waals surface area contributed by atoms with Crippen LogP contribution in [0.4, 0.5) is 5.69 Å². The molecule has 2 N–H and O–H groups in total. The highest BCUT2D eigenvalue weighted by molar-refractivity contribution is 5.93. The first kappa shape index (κ1) is 15.8. The molecular weight excluding hydrogens is 260 g/mol. The molecule has 0 bridgehead atoms. The molecule has 0 aliphatic heterocycles. The molecule has 0 atom stereocenters. The lowest BCUT2D eigenvalue weighted by molar-refractivity contribution is -0.133. The molecule has 1 rings (SSSR count). The van der Waals surface area contributed by atoms with Gasteiger partial charge in [-0.1, -0.05) is 0 Å². The molecule has 0 fully saturated rings. The number of benzene rings is 1. The SMILES string of the molecule is COC(=O)c1cc(N)ccc1OCC(=O)N(C)C(C)C. The number of nitrogen functional groups attached to an aromatic ring is 1. The van der Waals surface area contributed by atoms with Gasteiger partial charge in [0, 0.05) is 18.8 Å². The van der Waals surface area contributed by atoms with Crippen molar-refractivity contribution in [3.63, 3.8) is 0 Å². The molecule has 0 aliphatic rings. The van der Waals surface area contributed by atoms with E-state index in [1.165, 1.54) is 13.2 Å². The van der Waals surface area contributed by atoms with Gasteiger partial charge in [-0.25, -0.2) is 4.79 Å². The summed E-state index contributed by atoms with van der Waals surface area (Å²) in [6.07, 6.45) is 0. The number of ether oxygens (including phenoxy) is 2. The number of anilines is 1. The number of esters is 1. The van der Waals surface area contributed by atoms with Crippen molar-refractivity contribution in [3.8, 4) is 5.75 Å². The van der Waals surface area contributed by atoms with Gasteiger partial charge in [0.25, 0.3) is 5.91 Å². The van der Waals surface area contributed by atoms with Crippen molar-refractivity contribution in [2.45, 2.75) is 19.9 Å². The van der Waals surface area contributed by atoms with Crippen LogP contribution in [0.2, 0.25) is 0 Å². The van der Waals surface area contributed by atoms with E-state index in [0.717, 1.165) is 0 Å². The first-order valence-corrected chi connectivity index (χ1v) is 6.23. The number of hydrogen-bond donors (Lipinski definition) is 1. The molecule has 1 aromatic rings. The first-order chi connectivity index (χ1) is 9.36. The minimum atomic E-state index is -0.558. The normalized spacial score (nSPS) is 10.2. The number of carbonyl (C=O) groups excluding carboxylic acids is 2. The summed E-state index contributed by atoms with van der Waals surface area (Å²) in [4.78, 5) is 25.0. The first-order valence-electron chi connectivity index (χ1n) is 6.23. The van der Waals surface area contributed by atoms with E-state index in [1.807, 2.05) is 13.8 Å². The molecule has 0 heterocycles. The predicted molar refractivity (Wildman–Crippen MR) is 75.6 cm³/mol. The largest absolute Gasteiger partial charge is 0.483 e. The molecule has 1 amide bonds. The molecule has 1 aromatic carbocycles. The lowest BCUT2D eigenvalue weighted by Crippen LogP contribution is -2.36. The second kappa shape index (κ2) is 6.79. The van der Waals surface area contributed by atoms with Crippen LogP contribution < -0.4 is 10.5 Å². The van der Waals surface area contributed by atoms with Crippen LogP contribution in [-0.2, 0) is 9.53 Å². The maximum absolute atomic E-state index is 11.8. The fourth-order valence-corrected chi connectivity index (χ4v) is 1.47. The number of methoxy groups -OCH3 is 1. The molecule has 20 heavy (non-hydrogen) atoms. The summed E-state index contributed by atoms with van der Waals surface area (Å²) in [5.74, 6) is -0.457. The molecular formula is C14H20N2O4. The number of nitrogens with two attached hydrogens (primary N) is 1. The number of nitrogens with zero attached hydrogens (tertiary/aromatic N) is 1. The summed E-state index contributed by atoms with van der Waals surface area (Å²) in [6, 6.07) is 4.68. The second-order valence-electron chi connectivity index (χ2n) is 4.63. The summed E-state index contributed by atoms with van der Waals surface area (Å²) in [6.45, 7) is 3.66. The average molecular weight is 280 g/mol. The highest BCUT2D eigenvalue weighted by Crippen LogP contribution is 2.22. The van der Waals surface area contributed by atoms with Crippen molar-refractivity contribution >= 4 is 17.6 Å². The van der Waals surface area contributed by atoms with Gasteiger partial charge in [0.2, 0.25) is 0 Å². The maximum atomic E-state index is 11.8. The Labute approximate surface area is 118 Å². The number of hydrogen-bond acceptors (Lipinski definition) is 5. The van der Waals surface area contributed by atoms with Gasteiger partial charge >= 0.3 is 5.97 Å². The Morgan fingerprint density at radius 3 is 2.55 bits per heavy atom. The third-order valence-electron chi connectivity index (χ3n) is 2.93. The van der Waals surface area contributed by atoms with E-state index in [0.29, 0.717) is 5.69 Å². The zero-order chi connectivity index (χ0) is 15.3. The van der Waals surface area contributed by atoms with E-state index < -0.39 is 5.97 Å². The molecule has 0 saturated carbocycles. The summed E-state index contributed by atoms with van der Waals surface area (Å²) in [5, 5.41) is 0. The summed E-state index contributed by atoms with van der Waals surface area (Å²) >= 11 is 0. The zero-order valence-corrected chi connectivity index (χ0v) is 12.2. The fraction of sp³-hybridized carbons (Fsp3) is 0.429. The van der Waals surface area contributed by atoms with Crippen LogP contribution in [-0.4, -0.2) is 43.6 Å². The number of rotatable bonds is 5. The topological polar surface area (TPSA) is 81.9 Å². The second-order valence-corrected chi connectivity index (χ2v) is 4.63. The van der Waals surface area contributed by atoms with Crippen molar-refractivity contribution in [1.82, 2.24) is 4.90 Å². The standard InChI is InChI=1S/C14H20N2O4/c1-9(2)16(3)13(17)8-20-12-6-5-10(15)7-11(12)14(18)19-4/h5-7,9H,8,15H2,1-4H3. The van der Waals surface area contributed by atoms with Crippen LogP contribution in [0.5, 0.6) is 5.75 Å². The van der Waals surface area contributed by atoms with Crippen molar-refractivity contribution in [3.05, 3.63) is 23.8 Å². The third kappa shape index (κ3) is 3.88. The van der Waals surface area contributed by atoms with Gasteiger partial charge in [-0.3, -0.25) is 4.79 Å². The molecule has 6 nitrogen and oxygen atoms in total. The van der Waals surface area contributed by atoms with Crippen molar-refractivity contribution in [2.75, 3.05) is 26.5 Å². The van der Waals surface area contributed by atoms with E-state index in [4.69, 9.17) is 10.5 Å². The van der Waals surface area contributed by atoms with E-state index in [-0.39, 0.29) is 29.9 Å². The van der Waals surface area contributed by atoms with Gasteiger partial charge in [-0.05, 0) is 32.0 Å². The summed E-state index contributed by atoms with van der Waals surface area (Å²) in [7, 11) is 2.97. The quantitative estimate of drug-likeness (QED) is 0.649. The van der Waals surface area contributed by atoms with E-state index in [9.17, 15) is 9.59 Å². The van der Waals surface area contributed by atoms with E-state index in [1.54, 1.807) is 24.1 Å². The minimum absolute atomic E-state index is 0.0811. The Hall–Kier alpha value is -2.24. The highest BCUT2D eigenvalue weighted by Gasteiger charge is 2.17. The Balaban J connectivity index is 2.83. The Kier molecular flexibility index (Phi) is 5.37. The molecule has 0 unspecified atom stereocenters. The molecule has 0 radical (unpaired) electrons. The Bertz CT molecular complexity index is 500. The van der Waals surface area contributed by atoms with Gasteiger partial charge in [-0.15, -0.1) is 0 Å². The van der Waals surface area contributed by atoms with Crippen LogP contribution in [0.3, 0.4) is 0 Å². The van der Waals surface area contributed by atoms with Gasteiger partial charge in [0.15, 0.2) is 6.61 Å². The molecule has 0 aliphatic carbocycles. The Morgan fingerprint density at radius 2 is 2.00 bits per heavy atom. The van der Waals surface area contributed by atoms with Gasteiger partial charge < -0.3 is 20.1 Å². The smallest absolute Gasteiger partial charge is 0.341 e. The number of likely N-dealkylation sites (N-methyl/N-ethyl adjacent to an activating group) is 1. The molecule has 6 heteroatoms. The van der Waals surface area contributed by atoms with Crippen LogP contribution >= 0.6 is 0 Å². The lowest BCUT2D eigenvalue weighted by atomic mass is 10.2. The third-order valence-corrected chi connectivity index (χ3v) is 2.93. The van der Waals surface area contributed by atoms with Crippen LogP contribution in [0.25, 0.3) is 0 Å². The van der Waals surface area contributed by atoms with Crippen LogP contribution in [0, 0.1) is 0 Å². The predicted octanol–water partition coefficient (Wildman–Crippen LogP) is 1.30. The highest BCUT2D eigenvalue weighted by atomic mass is 16.5. The fourth-order valence-electron chi connectivity index (χ4n) is 1.47. The monoisotopic (exact) mass is 280 g/mol. The maximum Gasteiger partial charge on any atom is 0.341 e. The number of carbonyl (C=O) groups is 2. The summed E-state index contributed by atoms with van der Waals surface area (Å²) in [5.41, 5.74) is 6.25. The van der Waals surface area contributed by atoms with Crippen LogP contribution in [0.15, 0.2) is 18.2 Å². The van der Waals surface area contributed by atoms with Gasteiger partial charge in [0.1, 0.15) is 11.3 Å². The van der Waals surface area contributed by atoms with Crippen LogP contribution in [0.1, 0.15) is 24.2 Å². The molecule has 0 aromatic heterocycles. The van der Waals surface area contributed by atoms with Gasteiger partial charge in [-0.2, -0.15) is 0 Å². The van der Waals surface area contributed by atoms with Crippen molar-refractivity contribution in [1.29, 1.82) is 0 Å². The molecule has 0 saturated heterocycles. The lowest BCUT2D eigenvalue weighted by Gasteiger charge is -2.21. The van der Waals surface area contributed by atoms with Crippen molar-refractivity contribution in [2.24, 2.45) is 0 Å². The molecule has 110 valence electrons. The Morgan fingerprint density at radius 1 is 1.35 bits per heavy atom. The van der Waals surface area contributed by atoms with E-state index in [2.05, 4.69) is 4.74 Å².